The molecule has 1 saturated heterocycles. The fraction of sp³-hybridized carbons (Fsp3) is 0.211. The maximum atomic E-state index is 13.1. The van der Waals surface area contributed by atoms with E-state index in [-0.39, 0.29) is 5.82 Å². The molecule has 0 atom stereocenters. The number of pyridine rings is 1. The molecule has 1 fully saturated rings. The standard InChI is InChI=1S/C19H19BrFN7/c20-13-1-6-16(23-11-13)26-18-17(22)19(25-12-24-18)28-9-7-27(8-10-28)15-4-2-14(21)3-5-15/h1-6,11-12H,7-10,22H2,(H,23,24,25,26). The molecule has 0 amide bonds. The number of nitrogens with zero attached hydrogens (tertiary/aromatic N) is 5. The van der Waals surface area contributed by atoms with Crippen LogP contribution in [0.1, 0.15) is 0 Å². The van der Waals surface area contributed by atoms with Gasteiger partial charge in [-0.2, -0.15) is 0 Å². The minimum atomic E-state index is -0.226. The summed E-state index contributed by atoms with van der Waals surface area (Å²) in [6.45, 7) is 3.11. The predicted molar refractivity (Wildman–Crippen MR) is 112 cm³/mol. The van der Waals surface area contributed by atoms with Crippen molar-refractivity contribution in [2.75, 3.05) is 47.0 Å². The fourth-order valence-corrected chi connectivity index (χ4v) is 3.37. The van der Waals surface area contributed by atoms with E-state index in [4.69, 9.17) is 5.73 Å². The zero-order valence-corrected chi connectivity index (χ0v) is 16.6. The van der Waals surface area contributed by atoms with Crippen LogP contribution in [0.2, 0.25) is 0 Å². The second-order valence-electron chi connectivity index (χ2n) is 6.40. The highest BCUT2D eigenvalue weighted by Gasteiger charge is 2.21. The van der Waals surface area contributed by atoms with E-state index in [0.717, 1.165) is 36.3 Å². The summed E-state index contributed by atoms with van der Waals surface area (Å²) in [6.07, 6.45) is 3.20. The zero-order valence-electron chi connectivity index (χ0n) is 15.0. The number of aromatic nitrogens is 3. The fourth-order valence-electron chi connectivity index (χ4n) is 3.14. The van der Waals surface area contributed by atoms with Crippen molar-refractivity contribution in [3.05, 3.63) is 59.2 Å². The van der Waals surface area contributed by atoms with Gasteiger partial charge in [0.2, 0.25) is 0 Å². The monoisotopic (exact) mass is 443 g/mol. The third-order valence-electron chi connectivity index (χ3n) is 4.61. The summed E-state index contributed by atoms with van der Waals surface area (Å²) < 4.78 is 14.0. The topological polar surface area (TPSA) is 83.2 Å². The van der Waals surface area contributed by atoms with Crippen molar-refractivity contribution in [2.24, 2.45) is 0 Å². The minimum absolute atomic E-state index is 0.226. The molecule has 0 spiro atoms. The smallest absolute Gasteiger partial charge is 0.160 e. The first kappa shape index (κ1) is 18.4. The molecule has 9 heteroatoms. The van der Waals surface area contributed by atoms with Crippen molar-refractivity contribution in [2.45, 2.75) is 0 Å². The largest absolute Gasteiger partial charge is 0.393 e. The number of halogens is 2. The van der Waals surface area contributed by atoms with Crippen molar-refractivity contribution in [1.29, 1.82) is 0 Å². The Morgan fingerprint density at radius 1 is 0.929 bits per heavy atom. The molecule has 4 rings (SSSR count). The number of anilines is 5. The number of benzene rings is 1. The molecular weight excluding hydrogens is 425 g/mol. The molecule has 0 radical (unpaired) electrons. The Bertz CT molecular complexity index is 942. The van der Waals surface area contributed by atoms with Gasteiger partial charge >= 0.3 is 0 Å². The molecule has 2 aromatic heterocycles. The Morgan fingerprint density at radius 3 is 2.32 bits per heavy atom. The molecule has 1 aliphatic rings. The van der Waals surface area contributed by atoms with Gasteiger partial charge in [-0.05, 0) is 52.3 Å². The van der Waals surface area contributed by atoms with Gasteiger partial charge in [0.25, 0.3) is 0 Å². The van der Waals surface area contributed by atoms with Crippen LogP contribution in [0.5, 0.6) is 0 Å². The summed E-state index contributed by atoms with van der Waals surface area (Å²) in [5, 5.41) is 3.14. The molecule has 3 aromatic rings. The van der Waals surface area contributed by atoms with E-state index in [0.29, 0.717) is 23.1 Å². The molecule has 0 bridgehead atoms. The number of nitrogens with one attached hydrogen (secondary N) is 1. The number of nitrogen functional groups attached to an aromatic ring is 1. The van der Waals surface area contributed by atoms with Crippen molar-refractivity contribution in [1.82, 2.24) is 15.0 Å². The Labute approximate surface area is 170 Å². The summed E-state index contributed by atoms with van der Waals surface area (Å²) in [6, 6.07) is 10.3. The number of piperazine rings is 1. The average molecular weight is 444 g/mol. The summed E-state index contributed by atoms with van der Waals surface area (Å²) in [4.78, 5) is 17.3. The van der Waals surface area contributed by atoms with Crippen LogP contribution in [0.15, 0.2) is 53.4 Å². The normalized spacial score (nSPS) is 14.2. The zero-order chi connectivity index (χ0) is 19.5. The first-order valence-electron chi connectivity index (χ1n) is 8.84. The van der Waals surface area contributed by atoms with Crippen molar-refractivity contribution in [3.8, 4) is 0 Å². The SMILES string of the molecule is Nc1c(Nc2ccc(Br)cn2)ncnc1N1CCN(c2ccc(F)cc2)CC1. The van der Waals surface area contributed by atoms with E-state index < -0.39 is 0 Å². The second-order valence-corrected chi connectivity index (χ2v) is 7.31. The summed E-state index contributed by atoms with van der Waals surface area (Å²) in [5.41, 5.74) is 7.84. The highest BCUT2D eigenvalue weighted by Crippen LogP contribution is 2.29. The lowest BCUT2D eigenvalue weighted by Crippen LogP contribution is -2.47. The lowest BCUT2D eigenvalue weighted by Gasteiger charge is -2.37. The first-order valence-corrected chi connectivity index (χ1v) is 9.64. The quantitative estimate of drug-likeness (QED) is 0.638. The number of nitrogens with two attached hydrogens (primary N) is 1. The van der Waals surface area contributed by atoms with Crippen molar-refractivity contribution < 1.29 is 4.39 Å². The molecule has 0 aliphatic carbocycles. The van der Waals surface area contributed by atoms with E-state index in [9.17, 15) is 4.39 Å². The van der Waals surface area contributed by atoms with Gasteiger partial charge in [0, 0.05) is 42.5 Å². The Morgan fingerprint density at radius 2 is 1.64 bits per heavy atom. The van der Waals surface area contributed by atoms with Gasteiger partial charge in [0.1, 0.15) is 23.6 Å². The maximum Gasteiger partial charge on any atom is 0.160 e. The third-order valence-corrected chi connectivity index (χ3v) is 5.08. The highest BCUT2D eigenvalue weighted by atomic mass is 79.9. The highest BCUT2D eigenvalue weighted by molar-refractivity contribution is 9.10. The Kier molecular flexibility index (Phi) is 5.25. The maximum absolute atomic E-state index is 13.1. The molecule has 7 nitrogen and oxygen atoms in total. The average Bonchev–Trinajstić information content (AvgIpc) is 2.72. The number of hydrogen-bond acceptors (Lipinski definition) is 7. The van der Waals surface area contributed by atoms with Gasteiger partial charge in [-0.25, -0.2) is 19.3 Å². The molecular formula is C19H19BrFN7. The Hall–Kier alpha value is -2.94. The van der Waals surface area contributed by atoms with Gasteiger partial charge in [-0.1, -0.05) is 0 Å². The number of hydrogen-bond donors (Lipinski definition) is 2. The third kappa shape index (κ3) is 3.99. The van der Waals surface area contributed by atoms with Crippen LogP contribution in [0, 0.1) is 5.82 Å². The molecule has 0 unspecified atom stereocenters. The van der Waals surface area contributed by atoms with E-state index in [1.165, 1.54) is 18.5 Å². The molecule has 3 N–H and O–H groups in total. The molecule has 28 heavy (non-hydrogen) atoms. The van der Waals surface area contributed by atoms with E-state index in [1.54, 1.807) is 18.3 Å². The van der Waals surface area contributed by atoms with Gasteiger partial charge in [0.05, 0.1) is 0 Å². The van der Waals surface area contributed by atoms with E-state index in [2.05, 4.69) is 46.0 Å². The van der Waals surface area contributed by atoms with Crippen molar-refractivity contribution in [3.63, 3.8) is 0 Å². The minimum Gasteiger partial charge on any atom is -0.393 e. The molecule has 1 aliphatic heterocycles. The van der Waals surface area contributed by atoms with Crippen LogP contribution in [0.25, 0.3) is 0 Å². The van der Waals surface area contributed by atoms with Gasteiger partial charge in [-0.15, -0.1) is 0 Å². The van der Waals surface area contributed by atoms with Crippen LogP contribution in [-0.2, 0) is 0 Å². The molecule has 144 valence electrons. The second kappa shape index (κ2) is 7.97. The van der Waals surface area contributed by atoms with Crippen LogP contribution in [0.3, 0.4) is 0 Å². The number of rotatable bonds is 4. The Balaban J connectivity index is 1.46. The van der Waals surface area contributed by atoms with E-state index in [1.807, 2.05) is 12.1 Å². The first-order chi connectivity index (χ1) is 13.6. The van der Waals surface area contributed by atoms with Crippen LogP contribution in [0.4, 0.5) is 33.2 Å². The van der Waals surface area contributed by atoms with Gasteiger partial charge in [-0.3, -0.25) is 0 Å². The van der Waals surface area contributed by atoms with Crippen LogP contribution >= 0.6 is 15.9 Å². The van der Waals surface area contributed by atoms with E-state index >= 15 is 0 Å². The summed E-state index contributed by atoms with van der Waals surface area (Å²) in [7, 11) is 0. The lowest BCUT2D eigenvalue weighted by molar-refractivity contribution is 0.624. The van der Waals surface area contributed by atoms with Crippen LogP contribution in [-0.4, -0.2) is 41.1 Å². The van der Waals surface area contributed by atoms with Crippen LogP contribution < -0.4 is 20.9 Å². The van der Waals surface area contributed by atoms with Gasteiger partial charge < -0.3 is 20.9 Å². The van der Waals surface area contributed by atoms with Crippen molar-refractivity contribution >= 4 is 44.8 Å². The predicted octanol–water partition coefficient (Wildman–Crippen LogP) is 3.43. The molecule has 0 saturated carbocycles. The lowest BCUT2D eigenvalue weighted by atomic mass is 10.2. The summed E-state index contributed by atoms with van der Waals surface area (Å²) in [5.74, 6) is 1.66. The van der Waals surface area contributed by atoms with Gasteiger partial charge in [0.15, 0.2) is 11.6 Å². The molecule has 3 heterocycles. The molecule has 1 aromatic carbocycles. The summed E-state index contributed by atoms with van der Waals surface area (Å²) >= 11 is 3.36.